The van der Waals surface area contributed by atoms with Crippen molar-refractivity contribution in [3.8, 4) is 0 Å². The molecule has 0 unspecified atom stereocenters. The zero-order valence-electron chi connectivity index (χ0n) is 13.6. The van der Waals surface area contributed by atoms with Gasteiger partial charge in [-0.15, -0.1) is 0 Å². The summed E-state index contributed by atoms with van der Waals surface area (Å²) in [5.74, 6) is 0. The number of halogens is 2. The maximum atomic E-state index is 13.1. The monoisotopic (exact) mass is 386 g/mol. The lowest BCUT2D eigenvalue weighted by atomic mass is 10.2. The van der Waals surface area contributed by atoms with Gasteiger partial charge in [0.05, 0.1) is 5.02 Å². The zero-order chi connectivity index (χ0) is 17.7. The second kappa shape index (κ2) is 8.32. The first-order valence-corrected chi connectivity index (χ1v) is 9.64. The molecular weight excluding hydrogens is 367 g/mol. The van der Waals surface area contributed by atoms with Crippen molar-refractivity contribution in [3.63, 3.8) is 0 Å². The summed E-state index contributed by atoms with van der Waals surface area (Å²) in [5, 5.41) is 0.507. The van der Waals surface area contributed by atoms with Crippen molar-refractivity contribution >= 4 is 33.2 Å². The van der Waals surface area contributed by atoms with Crippen LogP contribution in [0.4, 0.5) is 0 Å². The third-order valence-electron chi connectivity index (χ3n) is 3.51. The average molecular weight is 387 g/mol. The van der Waals surface area contributed by atoms with Gasteiger partial charge in [0, 0.05) is 24.7 Å². The largest absolute Gasteiger partial charge is 0.308 e. The third kappa shape index (κ3) is 4.94. The molecule has 0 spiro atoms. The lowest BCUT2D eigenvalue weighted by Gasteiger charge is -2.24. The van der Waals surface area contributed by atoms with Crippen molar-refractivity contribution in [2.45, 2.75) is 11.4 Å². The molecule has 0 N–H and O–H groups in total. The Labute approximate surface area is 153 Å². The van der Waals surface area contributed by atoms with E-state index in [0.29, 0.717) is 18.1 Å². The first-order chi connectivity index (χ1) is 11.3. The van der Waals surface area contributed by atoms with Gasteiger partial charge in [-0.1, -0.05) is 53.5 Å². The molecule has 0 atom stereocenters. The number of benzene rings is 2. The number of rotatable bonds is 7. The van der Waals surface area contributed by atoms with Gasteiger partial charge in [-0.25, -0.2) is 8.42 Å². The maximum absolute atomic E-state index is 13.1. The lowest BCUT2D eigenvalue weighted by Crippen LogP contribution is -2.36. The third-order valence-corrected chi connectivity index (χ3v) is 6.07. The molecule has 24 heavy (non-hydrogen) atoms. The van der Waals surface area contributed by atoms with E-state index in [1.54, 1.807) is 6.07 Å². The van der Waals surface area contributed by atoms with Gasteiger partial charge < -0.3 is 4.90 Å². The van der Waals surface area contributed by atoms with E-state index in [-0.39, 0.29) is 16.5 Å². The van der Waals surface area contributed by atoms with Crippen LogP contribution < -0.4 is 0 Å². The highest BCUT2D eigenvalue weighted by molar-refractivity contribution is 7.89. The molecule has 0 amide bonds. The lowest BCUT2D eigenvalue weighted by molar-refractivity contribution is 0.329. The van der Waals surface area contributed by atoms with Crippen molar-refractivity contribution in [2.75, 3.05) is 27.2 Å². The molecular formula is C17H20Cl2N2O2S. The Morgan fingerprint density at radius 3 is 2.25 bits per heavy atom. The van der Waals surface area contributed by atoms with Crippen LogP contribution in [-0.4, -0.2) is 44.8 Å². The summed E-state index contributed by atoms with van der Waals surface area (Å²) in [6, 6.07) is 13.9. The van der Waals surface area contributed by atoms with E-state index in [4.69, 9.17) is 23.2 Å². The van der Waals surface area contributed by atoms with Crippen LogP contribution in [0.1, 0.15) is 5.56 Å². The molecule has 0 bridgehead atoms. The van der Waals surface area contributed by atoms with Crippen molar-refractivity contribution in [1.82, 2.24) is 9.21 Å². The van der Waals surface area contributed by atoms with Gasteiger partial charge in [0.2, 0.25) is 10.0 Å². The second-order valence-electron chi connectivity index (χ2n) is 5.70. The molecule has 2 aromatic rings. The predicted octanol–water partition coefficient (Wildman–Crippen LogP) is 3.75. The highest BCUT2D eigenvalue weighted by Crippen LogP contribution is 2.28. The maximum Gasteiger partial charge on any atom is 0.244 e. The van der Waals surface area contributed by atoms with Gasteiger partial charge in [-0.3, -0.25) is 0 Å². The number of nitrogens with zero attached hydrogens (tertiary/aromatic N) is 2. The highest BCUT2D eigenvalue weighted by atomic mass is 35.5. The molecule has 4 nitrogen and oxygen atoms in total. The van der Waals surface area contributed by atoms with Crippen LogP contribution in [-0.2, 0) is 16.6 Å². The topological polar surface area (TPSA) is 40.6 Å². The smallest absolute Gasteiger partial charge is 0.244 e. The van der Waals surface area contributed by atoms with Gasteiger partial charge in [0.25, 0.3) is 0 Å². The van der Waals surface area contributed by atoms with Crippen molar-refractivity contribution in [2.24, 2.45) is 0 Å². The molecule has 0 heterocycles. The van der Waals surface area contributed by atoms with Crippen LogP contribution in [0.25, 0.3) is 0 Å². The quantitative estimate of drug-likeness (QED) is 0.727. The number of likely N-dealkylation sites (N-methyl/N-ethyl adjacent to an activating group) is 1. The van der Waals surface area contributed by atoms with E-state index in [1.165, 1.54) is 16.4 Å². The molecule has 0 aliphatic heterocycles. The second-order valence-corrected chi connectivity index (χ2v) is 8.45. The number of hydrogen-bond donors (Lipinski definition) is 0. The van der Waals surface area contributed by atoms with E-state index in [1.807, 2.05) is 49.3 Å². The minimum atomic E-state index is -3.76. The standard InChI is InChI=1S/C17H20Cl2N2O2S/c1-20(2)10-11-21(13-14-6-4-3-5-7-14)24(22,23)17-12-15(18)8-9-16(17)19/h3-9,12H,10-11,13H2,1-2H3. The molecule has 2 rings (SSSR count). The molecule has 2 aromatic carbocycles. The SMILES string of the molecule is CN(C)CCN(Cc1ccccc1)S(=O)(=O)c1cc(Cl)ccc1Cl. The molecule has 0 saturated carbocycles. The van der Waals surface area contributed by atoms with Crippen LogP contribution in [0.3, 0.4) is 0 Å². The first kappa shape index (κ1) is 19.2. The van der Waals surface area contributed by atoms with E-state index >= 15 is 0 Å². The molecule has 0 aliphatic carbocycles. The van der Waals surface area contributed by atoms with Crippen molar-refractivity contribution in [1.29, 1.82) is 0 Å². The van der Waals surface area contributed by atoms with Crippen molar-refractivity contribution < 1.29 is 8.42 Å². The minimum Gasteiger partial charge on any atom is -0.308 e. The zero-order valence-corrected chi connectivity index (χ0v) is 15.9. The number of hydrogen-bond acceptors (Lipinski definition) is 3. The van der Waals surface area contributed by atoms with Crippen LogP contribution >= 0.6 is 23.2 Å². The molecule has 0 saturated heterocycles. The Bertz CT molecular complexity index is 780. The Balaban J connectivity index is 2.38. The summed E-state index contributed by atoms with van der Waals surface area (Å²) in [7, 11) is 0.0471. The van der Waals surface area contributed by atoms with Crippen LogP contribution in [0, 0.1) is 0 Å². The minimum absolute atomic E-state index is 0.0337. The Morgan fingerprint density at radius 2 is 1.62 bits per heavy atom. The van der Waals surface area contributed by atoms with E-state index in [9.17, 15) is 8.42 Å². The average Bonchev–Trinajstić information content (AvgIpc) is 2.54. The highest BCUT2D eigenvalue weighted by Gasteiger charge is 2.27. The van der Waals surface area contributed by atoms with Crippen LogP contribution in [0.2, 0.25) is 10.0 Å². The Hall–Kier alpha value is -1.11. The van der Waals surface area contributed by atoms with Gasteiger partial charge in [-0.2, -0.15) is 4.31 Å². The van der Waals surface area contributed by atoms with Gasteiger partial charge in [0.1, 0.15) is 4.90 Å². The van der Waals surface area contributed by atoms with E-state index in [2.05, 4.69) is 0 Å². The Kier molecular flexibility index (Phi) is 6.66. The van der Waals surface area contributed by atoms with E-state index in [0.717, 1.165) is 5.56 Å². The fourth-order valence-electron chi connectivity index (χ4n) is 2.20. The van der Waals surface area contributed by atoms with Gasteiger partial charge >= 0.3 is 0 Å². The summed E-state index contributed by atoms with van der Waals surface area (Å²) < 4.78 is 27.6. The molecule has 0 fully saturated rings. The fraction of sp³-hybridized carbons (Fsp3) is 0.294. The fourth-order valence-corrected chi connectivity index (χ4v) is 4.35. The van der Waals surface area contributed by atoms with Crippen LogP contribution in [0.5, 0.6) is 0 Å². The van der Waals surface area contributed by atoms with E-state index < -0.39 is 10.0 Å². The summed E-state index contributed by atoms with van der Waals surface area (Å²) >= 11 is 12.1. The molecule has 7 heteroatoms. The van der Waals surface area contributed by atoms with Crippen molar-refractivity contribution in [3.05, 3.63) is 64.1 Å². The normalized spacial score (nSPS) is 12.1. The summed E-state index contributed by atoms with van der Waals surface area (Å²) in [6.07, 6.45) is 0. The van der Waals surface area contributed by atoms with Crippen LogP contribution in [0.15, 0.2) is 53.4 Å². The van der Waals surface area contributed by atoms with Gasteiger partial charge in [-0.05, 0) is 37.9 Å². The van der Waals surface area contributed by atoms with Gasteiger partial charge in [0.15, 0.2) is 0 Å². The Morgan fingerprint density at radius 1 is 0.958 bits per heavy atom. The number of sulfonamides is 1. The molecule has 0 radical (unpaired) electrons. The summed E-state index contributed by atoms with van der Waals surface area (Å²) in [4.78, 5) is 1.97. The molecule has 130 valence electrons. The molecule has 0 aromatic heterocycles. The summed E-state index contributed by atoms with van der Waals surface area (Å²) in [6.45, 7) is 1.23. The first-order valence-electron chi connectivity index (χ1n) is 7.44. The summed E-state index contributed by atoms with van der Waals surface area (Å²) in [5.41, 5.74) is 0.915. The molecule has 0 aliphatic rings. The predicted molar refractivity (Wildman–Crippen MR) is 99.1 cm³/mol.